The molecular weight excluding hydrogens is 463 g/mol. The summed E-state index contributed by atoms with van der Waals surface area (Å²) >= 11 is 0. The van der Waals surface area contributed by atoms with Gasteiger partial charge < -0.3 is 20.7 Å². The van der Waals surface area contributed by atoms with Crippen molar-refractivity contribution in [2.75, 3.05) is 25.0 Å². The second kappa shape index (κ2) is 11.4. The summed E-state index contributed by atoms with van der Waals surface area (Å²) in [7, 11) is 0. The van der Waals surface area contributed by atoms with Gasteiger partial charge in [0.15, 0.2) is 5.82 Å². The predicted molar refractivity (Wildman–Crippen MR) is 131 cm³/mol. The van der Waals surface area contributed by atoms with Crippen molar-refractivity contribution in [1.29, 1.82) is 5.26 Å². The summed E-state index contributed by atoms with van der Waals surface area (Å²) in [6, 6.07) is 17.5. The van der Waals surface area contributed by atoms with Crippen LogP contribution in [0, 0.1) is 23.1 Å². The fourth-order valence-electron chi connectivity index (χ4n) is 4.22. The molecule has 1 aliphatic rings. The molecule has 9 nitrogen and oxygen atoms in total. The Kier molecular flexibility index (Phi) is 7.80. The molecule has 0 unspecified atom stereocenters. The highest BCUT2D eigenvalue weighted by Crippen LogP contribution is 2.30. The van der Waals surface area contributed by atoms with Crippen molar-refractivity contribution in [3.63, 3.8) is 0 Å². The summed E-state index contributed by atoms with van der Waals surface area (Å²) in [5.41, 5.74) is 7.40. The minimum Gasteiger partial charge on any atom is -0.449 e. The Balaban J connectivity index is 1.37. The van der Waals surface area contributed by atoms with Crippen LogP contribution in [0.4, 0.5) is 20.7 Å². The number of halogens is 1. The lowest BCUT2D eigenvalue weighted by molar-refractivity contribution is 0.0772. The number of carbonyl (C=O) groups is 2. The summed E-state index contributed by atoms with van der Waals surface area (Å²) in [5, 5.41) is 17.2. The number of anilines is 2. The highest BCUT2D eigenvalue weighted by Gasteiger charge is 2.34. The maximum Gasteiger partial charge on any atom is 0.409 e. The Morgan fingerprint density at radius 2 is 1.94 bits per heavy atom. The zero-order chi connectivity index (χ0) is 25.5. The summed E-state index contributed by atoms with van der Waals surface area (Å²) in [6.45, 7) is 0.864. The molecule has 1 aliphatic heterocycles. The van der Waals surface area contributed by atoms with Crippen molar-refractivity contribution in [2.24, 2.45) is 11.7 Å². The minimum atomic E-state index is -0.684. The Bertz CT molecular complexity index is 1240. The zero-order valence-electron chi connectivity index (χ0n) is 19.6. The van der Waals surface area contributed by atoms with Gasteiger partial charge in [0.25, 0.3) is 5.91 Å². The lowest BCUT2D eigenvalue weighted by atomic mass is 9.94. The van der Waals surface area contributed by atoms with Crippen molar-refractivity contribution in [3.05, 3.63) is 77.7 Å². The lowest BCUT2D eigenvalue weighted by Crippen LogP contribution is -2.44. The second-order valence-electron chi connectivity index (χ2n) is 8.61. The van der Waals surface area contributed by atoms with Gasteiger partial charge in [-0.15, -0.1) is 0 Å². The molecule has 1 aromatic heterocycles. The van der Waals surface area contributed by atoms with E-state index >= 15 is 0 Å². The van der Waals surface area contributed by atoms with Crippen LogP contribution < -0.4 is 11.1 Å². The van der Waals surface area contributed by atoms with E-state index in [0.717, 1.165) is 6.42 Å². The van der Waals surface area contributed by atoms with E-state index < -0.39 is 17.9 Å². The summed E-state index contributed by atoms with van der Waals surface area (Å²) in [5.74, 6) is -1.42. The third-order valence-electron chi connectivity index (χ3n) is 6.12. The maximum absolute atomic E-state index is 13.2. The van der Waals surface area contributed by atoms with E-state index in [9.17, 15) is 19.2 Å². The number of nitrogens with two attached hydrogens (primary N) is 1. The fraction of sp³-hybridized carbons (Fsp3) is 0.308. The van der Waals surface area contributed by atoms with E-state index in [0.29, 0.717) is 31.7 Å². The molecular formula is C26H27FN6O3. The first-order chi connectivity index (χ1) is 17.4. The molecule has 3 aromatic rings. The number of rotatable bonds is 8. The van der Waals surface area contributed by atoms with Crippen LogP contribution in [-0.2, 0) is 11.2 Å². The first-order valence-electron chi connectivity index (χ1n) is 11.7. The number of aryl methyl sites for hydroxylation is 1. The van der Waals surface area contributed by atoms with Gasteiger partial charge >= 0.3 is 6.09 Å². The van der Waals surface area contributed by atoms with Crippen LogP contribution in [0.3, 0.4) is 0 Å². The second-order valence-corrected chi connectivity index (χ2v) is 8.61. The Labute approximate surface area is 208 Å². The van der Waals surface area contributed by atoms with Crippen LogP contribution in [0.1, 0.15) is 34.8 Å². The molecule has 0 saturated carbocycles. The van der Waals surface area contributed by atoms with Crippen LogP contribution in [0.15, 0.2) is 60.8 Å². The van der Waals surface area contributed by atoms with Gasteiger partial charge in [-0.05, 0) is 49.1 Å². The number of piperidine rings is 1. The van der Waals surface area contributed by atoms with Gasteiger partial charge in [0.05, 0.1) is 24.6 Å². The quantitative estimate of drug-likeness (QED) is 0.459. The van der Waals surface area contributed by atoms with Gasteiger partial charge in [0.1, 0.15) is 11.4 Å². The van der Waals surface area contributed by atoms with Crippen LogP contribution in [-0.4, -0.2) is 46.4 Å². The number of likely N-dealkylation sites (tertiary alicyclic amines) is 1. The number of nitrogens with zero attached hydrogens (tertiary/aromatic N) is 4. The normalized spacial score (nSPS) is 17.3. The number of benzene rings is 2. The summed E-state index contributed by atoms with van der Waals surface area (Å²) < 4.78 is 20.2. The molecule has 0 spiro atoms. The number of nitriles is 1. The highest BCUT2D eigenvalue weighted by atomic mass is 19.1. The summed E-state index contributed by atoms with van der Waals surface area (Å²) in [4.78, 5) is 26.1. The van der Waals surface area contributed by atoms with Crippen molar-refractivity contribution >= 4 is 23.5 Å². The van der Waals surface area contributed by atoms with Gasteiger partial charge in [-0.2, -0.15) is 10.4 Å². The van der Waals surface area contributed by atoms with Crippen LogP contribution >= 0.6 is 0 Å². The number of hydrogen-bond acceptors (Lipinski definition) is 6. The van der Waals surface area contributed by atoms with Gasteiger partial charge in [-0.25, -0.2) is 9.18 Å². The van der Waals surface area contributed by atoms with E-state index in [4.69, 9.17) is 10.5 Å². The van der Waals surface area contributed by atoms with Crippen molar-refractivity contribution < 1.29 is 18.7 Å². The van der Waals surface area contributed by atoms with Crippen LogP contribution in [0.2, 0.25) is 0 Å². The molecule has 4 rings (SSSR count). The average molecular weight is 491 g/mol. The van der Waals surface area contributed by atoms with E-state index in [1.165, 1.54) is 40.9 Å². The molecule has 2 aromatic carbocycles. The Morgan fingerprint density at radius 1 is 1.19 bits per heavy atom. The van der Waals surface area contributed by atoms with Gasteiger partial charge in [0.2, 0.25) is 0 Å². The largest absolute Gasteiger partial charge is 0.449 e. The smallest absolute Gasteiger partial charge is 0.409 e. The molecule has 0 radical (unpaired) electrons. The number of aromatic nitrogens is 2. The standard InChI is InChI=1S/C26H27FN6O3/c27-20-8-10-21(11-9-20)30-25-22(24(29)34)17-33(31-25)23-12-13-32(16-19(23)15-28)26(35)36-14-4-7-18-5-2-1-3-6-18/h1-3,5-6,8-11,17,19,23H,4,7,12-14,16H2,(H2,29,34)(H,30,31)/t19-,23-/m1/s1. The Morgan fingerprint density at radius 3 is 2.64 bits per heavy atom. The Hall–Kier alpha value is -4.39. The van der Waals surface area contributed by atoms with Crippen LogP contribution in [0.25, 0.3) is 0 Å². The van der Waals surface area contributed by atoms with E-state index in [2.05, 4.69) is 16.5 Å². The van der Waals surface area contributed by atoms with Crippen molar-refractivity contribution in [2.45, 2.75) is 25.3 Å². The molecule has 36 heavy (non-hydrogen) atoms. The van der Waals surface area contributed by atoms with Crippen molar-refractivity contribution in [3.8, 4) is 6.07 Å². The molecule has 186 valence electrons. The molecule has 3 N–H and O–H groups in total. The van der Waals surface area contributed by atoms with E-state index in [1.54, 1.807) is 4.68 Å². The van der Waals surface area contributed by atoms with Crippen LogP contribution in [0.5, 0.6) is 0 Å². The third kappa shape index (κ3) is 5.99. The first kappa shape index (κ1) is 24.7. The number of amides is 2. The fourth-order valence-corrected chi connectivity index (χ4v) is 4.22. The van der Waals surface area contributed by atoms with E-state index in [1.807, 2.05) is 30.3 Å². The predicted octanol–water partition coefficient (Wildman–Crippen LogP) is 4.02. The SMILES string of the molecule is N#C[C@@H]1CN(C(=O)OCCCc2ccccc2)CC[C@H]1n1cc(C(N)=O)c(Nc2ccc(F)cc2)n1. The summed E-state index contributed by atoms with van der Waals surface area (Å²) in [6.07, 6.45) is 3.03. The monoisotopic (exact) mass is 490 g/mol. The van der Waals surface area contributed by atoms with Gasteiger partial charge in [0, 0.05) is 25.0 Å². The van der Waals surface area contributed by atoms with E-state index in [-0.39, 0.29) is 29.8 Å². The maximum atomic E-state index is 13.2. The first-order valence-corrected chi connectivity index (χ1v) is 11.7. The topological polar surface area (TPSA) is 126 Å². The van der Waals surface area contributed by atoms with Crippen molar-refractivity contribution in [1.82, 2.24) is 14.7 Å². The number of ether oxygens (including phenoxy) is 1. The number of nitrogens with one attached hydrogen (secondary N) is 1. The highest BCUT2D eigenvalue weighted by molar-refractivity contribution is 5.98. The zero-order valence-corrected chi connectivity index (χ0v) is 19.6. The average Bonchev–Trinajstić information content (AvgIpc) is 3.32. The number of hydrogen-bond donors (Lipinski definition) is 2. The molecule has 2 amide bonds. The molecule has 2 heterocycles. The van der Waals surface area contributed by atoms with Gasteiger partial charge in [-0.3, -0.25) is 9.48 Å². The third-order valence-corrected chi connectivity index (χ3v) is 6.12. The minimum absolute atomic E-state index is 0.149. The molecule has 0 aliphatic carbocycles. The number of carbonyl (C=O) groups excluding carboxylic acids is 2. The molecule has 1 fully saturated rings. The number of primary amides is 1. The molecule has 1 saturated heterocycles. The molecule has 10 heteroatoms. The lowest BCUT2D eigenvalue weighted by Gasteiger charge is -2.34. The van der Waals surface area contributed by atoms with Gasteiger partial charge in [-0.1, -0.05) is 30.3 Å². The molecule has 2 atom stereocenters. The molecule has 0 bridgehead atoms.